The zero-order chi connectivity index (χ0) is 27.1. The molecule has 3 rings (SSSR count). The number of nitrogens with zero attached hydrogens (tertiary/aromatic N) is 4. The van der Waals surface area contributed by atoms with Crippen molar-refractivity contribution in [1.29, 1.82) is 0 Å². The molecule has 0 saturated heterocycles. The molecule has 2 aromatic rings. The molecule has 8 nitrogen and oxygen atoms in total. The Labute approximate surface area is 227 Å². The van der Waals surface area contributed by atoms with Gasteiger partial charge >= 0.3 is 0 Å². The molecule has 0 bridgehead atoms. The van der Waals surface area contributed by atoms with Gasteiger partial charge < -0.3 is 24.6 Å². The number of carbonyl (C=O) groups is 1. The third-order valence-corrected chi connectivity index (χ3v) is 8.05. The first-order chi connectivity index (χ1) is 17.7. The summed E-state index contributed by atoms with van der Waals surface area (Å²) in [5, 5.41) is 8.11. The SMILES string of the molecule is CCn1nc(OC)c(CNC(=O)c2cc(Cl)cc(N(CC)[C@H]3CC[C@H](N(C)CCOC)CC3)c2C)c1C. The van der Waals surface area contributed by atoms with Crippen molar-refractivity contribution in [2.45, 2.75) is 78.6 Å². The van der Waals surface area contributed by atoms with Gasteiger partial charge in [0, 0.05) is 60.8 Å². The smallest absolute Gasteiger partial charge is 0.251 e. The lowest BCUT2D eigenvalue weighted by molar-refractivity contribution is 0.0950. The molecule has 0 aliphatic heterocycles. The first-order valence-corrected chi connectivity index (χ1v) is 13.8. The van der Waals surface area contributed by atoms with Gasteiger partial charge in [-0.3, -0.25) is 9.48 Å². The van der Waals surface area contributed by atoms with Crippen molar-refractivity contribution in [2.75, 3.05) is 45.9 Å². The summed E-state index contributed by atoms with van der Waals surface area (Å²) < 4.78 is 12.6. The number of likely N-dealkylation sites (N-methyl/N-ethyl adjacent to an activating group) is 1. The third-order valence-electron chi connectivity index (χ3n) is 7.83. The van der Waals surface area contributed by atoms with Gasteiger partial charge in [0.05, 0.1) is 25.8 Å². The Morgan fingerprint density at radius 3 is 2.43 bits per heavy atom. The third kappa shape index (κ3) is 6.78. The summed E-state index contributed by atoms with van der Waals surface area (Å²) in [6, 6.07) is 4.79. The van der Waals surface area contributed by atoms with Crippen molar-refractivity contribution in [3.05, 3.63) is 39.5 Å². The van der Waals surface area contributed by atoms with E-state index in [1.54, 1.807) is 20.3 Å². The number of hydrogen-bond acceptors (Lipinski definition) is 6. The van der Waals surface area contributed by atoms with Gasteiger partial charge in [0.2, 0.25) is 5.88 Å². The topological polar surface area (TPSA) is 71.9 Å². The second-order valence-electron chi connectivity index (χ2n) is 9.89. The van der Waals surface area contributed by atoms with Gasteiger partial charge in [0.1, 0.15) is 0 Å². The van der Waals surface area contributed by atoms with Crippen molar-refractivity contribution in [1.82, 2.24) is 20.0 Å². The summed E-state index contributed by atoms with van der Waals surface area (Å²) in [6.07, 6.45) is 4.54. The van der Waals surface area contributed by atoms with Crippen LogP contribution in [0.2, 0.25) is 5.02 Å². The number of methoxy groups -OCH3 is 2. The van der Waals surface area contributed by atoms with Crippen molar-refractivity contribution < 1.29 is 14.3 Å². The largest absolute Gasteiger partial charge is 0.480 e. The van der Waals surface area contributed by atoms with E-state index in [2.05, 4.69) is 34.2 Å². The Kier molecular flexibility index (Phi) is 10.7. The van der Waals surface area contributed by atoms with E-state index in [9.17, 15) is 4.79 Å². The number of carbonyl (C=O) groups excluding carboxylic acids is 1. The van der Waals surface area contributed by atoms with Crippen molar-refractivity contribution in [2.24, 2.45) is 0 Å². The van der Waals surface area contributed by atoms with Crippen LogP contribution in [0.5, 0.6) is 5.88 Å². The number of aryl methyl sites for hydroxylation is 1. The Morgan fingerprint density at radius 2 is 1.84 bits per heavy atom. The first-order valence-electron chi connectivity index (χ1n) is 13.4. The molecule has 1 N–H and O–H groups in total. The van der Waals surface area contributed by atoms with Crippen molar-refractivity contribution in [3.63, 3.8) is 0 Å². The number of halogens is 1. The van der Waals surface area contributed by atoms with Crippen LogP contribution in [0.1, 0.15) is 66.7 Å². The summed E-state index contributed by atoms with van der Waals surface area (Å²) >= 11 is 6.57. The van der Waals surface area contributed by atoms with E-state index < -0.39 is 0 Å². The van der Waals surface area contributed by atoms with Gasteiger partial charge in [0.25, 0.3) is 5.91 Å². The van der Waals surface area contributed by atoms with Crippen LogP contribution in [0.15, 0.2) is 12.1 Å². The van der Waals surface area contributed by atoms with Crippen molar-refractivity contribution in [3.8, 4) is 5.88 Å². The van der Waals surface area contributed by atoms with E-state index in [4.69, 9.17) is 21.1 Å². The van der Waals surface area contributed by atoms with Crippen LogP contribution in [-0.4, -0.2) is 73.6 Å². The fraction of sp³-hybridized carbons (Fsp3) is 0.643. The highest BCUT2D eigenvalue weighted by atomic mass is 35.5. The standard InChI is InChI=1S/C28H44ClN5O3/c1-8-33(23-12-10-22(11-13-23)32(5)14-15-36-6)26-17-21(29)16-24(19(26)3)27(35)30-18-25-20(4)34(9-2)31-28(25)37-7/h16-17,22-23H,8-15,18H2,1-7H3,(H,30,35)/t22-,23-. The Bertz CT molecular complexity index is 1050. The number of benzene rings is 1. The van der Waals surface area contributed by atoms with Gasteiger partial charge in [-0.2, -0.15) is 0 Å². The molecule has 1 aliphatic carbocycles. The van der Waals surface area contributed by atoms with Crippen LogP contribution in [0.25, 0.3) is 0 Å². The maximum atomic E-state index is 13.3. The summed E-state index contributed by atoms with van der Waals surface area (Å²) in [6.45, 7) is 11.9. The molecule has 0 unspecified atom stereocenters. The molecule has 1 aromatic heterocycles. The zero-order valence-corrected chi connectivity index (χ0v) is 24.3. The number of amides is 1. The average molecular weight is 534 g/mol. The van der Waals surface area contributed by atoms with E-state index in [1.165, 1.54) is 0 Å². The van der Waals surface area contributed by atoms with Crippen LogP contribution in [-0.2, 0) is 17.8 Å². The molecule has 1 fully saturated rings. The van der Waals surface area contributed by atoms with E-state index in [0.717, 1.165) is 74.4 Å². The molecular formula is C28H44ClN5O3. The fourth-order valence-electron chi connectivity index (χ4n) is 5.55. The zero-order valence-electron chi connectivity index (χ0n) is 23.6. The maximum Gasteiger partial charge on any atom is 0.251 e. The molecule has 9 heteroatoms. The van der Waals surface area contributed by atoms with Gasteiger partial charge in [-0.1, -0.05) is 11.6 Å². The normalized spacial score (nSPS) is 17.8. The predicted octanol–water partition coefficient (Wildman–Crippen LogP) is 4.83. The van der Waals surface area contributed by atoms with E-state index >= 15 is 0 Å². The predicted molar refractivity (Wildman–Crippen MR) is 150 cm³/mol. The highest BCUT2D eigenvalue weighted by Gasteiger charge is 2.29. The second kappa shape index (κ2) is 13.5. The minimum atomic E-state index is -0.147. The van der Waals surface area contributed by atoms with Crippen LogP contribution in [0, 0.1) is 13.8 Å². The van der Waals surface area contributed by atoms with Crippen LogP contribution in [0.3, 0.4) is 0 Å². The molecule has 0 atom stereocenters. The minimum Gasteiger partial charge on any atom is -0.480 e. The molecule has 1 saturated carbocycles. The number of ether oxygens (including phenoxy) is 2. The number of hydrogen-bond donors (Lipinski definition) is 1. The van der Waals surface area contributed by atoms with Crippen LogP contribution >= 0.6 is 11.6 Å². The Hall–Kier alpha value is -2.29. The summed E-state index contributed by atoms with van der Waals surface area (Å²) in [5.41, 5.74) is 4.48. The molecule has 37 heavy (non-hydrogen) atoms. The monoisotopic (exact) mass is 533 g/mol. The summed E-state index contributed by atoms with van der Waals surface area (Å²) in [5.74, 6) is 0.398. The average Bonchev–Trinajstić information content (AvgIpc) is 3.22. The lowest BCUT2D eigenvalue weighted by atomic mass is 9.88. The molecule has 0 radical (unpaired) electrons. The van der Waals surface area contributed by atoms with Gasteiger partial charge in [-0.15, -0.1) is 5.10 Å². The van der Waals surface area contributed by atoms with E-state index in [0.29, 0.717) is 35.1 Å². The number of nitrogens with one attached hydrogen (secondary N) is 1. The van der Waals surface area contributed by atoms with Gasteiger partial charge in [-0.25, -0.2) is 0 Å². The lowest BCUT2D eigenvalue weighted by Gasteiger charge is -2.41. The highest BCUT2D eigenvalue weighted by Crippen LogP contribution is 2.34. The first kappa shape index (κ1) is 29.3. The quantitative estimate of drug-likeness (QED) is 0.421. The maximum absolute atomic E-state index is 13.3. The molecule has 1 heterocycles. The summed E-state index contributed by atoms with van der Waals surface area (Å²) in [4.78, 5) is 18.2. The van der Waals surface area contributed by atoms with E-state index in [1.807, 2.05) is 31.5 Å². The number of rotatable bonds is 12. The van der Waals surface area contributed by atoms with Crippen LogP contribution in [0.4, 0.5) is 5.69 Å². The Balaban J connectivity index is 1.75. The van der Waals surface area contributed by atoms with Crippen LogP contribution < -0.4 is 15.0 Å². The molecule has 1 amide bonds. The molecule has 206 valence electrons. The second-order valence-corrected chi connectivity index (χ2v) is 10.3. The van der Waals surface area contributed by atoms with Crippen molar-refractivity contribution >= 4 is 23.2 Å². The molecular weight excluding hydrogens is 490 g/mol. The lowest BCUT2D eigenvalue weighted by Crippen LogP contribution is -2.44. The molecule has 0 spiro atoms. The number of anilines is 1. The van der Waals surface area contributed by atoms with E-state index in [-0.39, 0.29) is 5.91 Å². The van der Waals surface area contributed by atoms with Gasteiger partial charge in [0.15, 0.2) is 0 Å². The Morgan fingerprint density at radius 1 is 1.16 bits per heavy atom. The fourth-order valence-corrected chi connectivity index (χ4v) is 5.76. The molecule has 1 aliphatic rings. The minimum absolute atomic E-state index is 0.147. The molecule has 1 aromatic carbocycles. The highest BCUT2D eigenvalue weighted by molar-refractivity contribution is 6.31. The number of aromatic nitrogens is 2. The van der Waals surface area contributed by atoms with Gasteiger partial charge in [-0.05, 0) is 78.1 Å². The summed E-state index contributed by atoms with van der Waals surface area (Å²) in [7, 11) is 5.55.